The number of amides is 1. The highest BCUT2D eigenvalue weighted by Gasteiger charge is 2.11. The number of rotatable bonds is 3. The van der Waals surface area contributed by atoms with E-state index in [1.54, 1.807) is 31.4 Å². The Morgan fingerprint density at radius 2 is 2.14 bits per heavy atom. The van der Waals surface area contributed by atoms with Crippen molar-refractivity contribution in [3.05, 3.63) is 52.4 Å². The summed E-state index contributed by atoms with van der Waals surface area (Å²) in [6.45, 7) is 2.46. The van der Waals surface area contributed by atoms with Gasteiger partial charge >= 0.3 is 0 Å². The summed E-state index contributed by atoms with van der Waals surface area (Å²) in [5.74, 6) is -0.117. The van der Waals surface area contributed by atoms with Crippen molar-refractivity contribution in [2.24, 2.45) is 7.05 Å². The minimum absolute atomic E-state index is 0.0902. The lowest BCUT2D eigenvalue weighted by Gasteiger charge is -2.03. The summed E-state index contributed by atoms with van der Waals surface area (Å²) < 4.78 is 1.51. The molecule has 0 aliphatic heterocycles. The minimum atomic E-state index is -0.117. The van der Waals surface area contributed by atoms with Crippen LogP contribution in [-0.2, 0) is 7.05 Å². The molecule has 112 valence electrons. The van der Waals surface area contributed by atoms with Crippen LogP contribution in [0.4, 0.5) is 0 Å². The molecule has 0 radical (unpaired) electrons. The number of pyridine rings is 1. The molecular formula is C16H16N4O2. The molecule has 0 saturated heterocycles. The predicted octanol–water partition coefficient (Wildman–Crippen LogP) is 1.68. The molecule has 3 rings (SSSR count). The molecule has 0 spiro atoms. The zero-order valence-corrected chi connectivity index (χ0v) is 12.4. The van der Waals surface area contributed by atoms with Crippen molar-refractivity contribution < 1.29 is 4.79 Å². The first kappa shape index (κ1) is 14.1. The smallest absolute Gasteiger partial charge is 0.251 e. The molecule has 1 aromatic carbocycles. The summed E-state index contributed by atoms with van der Waals surface area (Å²) >= 11 is 0. The van der Waals surface area contributed by atoms with Gasteiger partial charge in [-0.25, -0.2) is 0 Å². The Morgan fingerprint density at radius 3 is 2.86 bits per heavy atom. The van der Waals surface area contributed by atoms with Gasteiger partial charge < -0.3 is 9.88 Å². The Morgan fingerprint density at radius 1 is 1.32 bits per heavy atom. The van der Waals surface area contributed by atoms with E-state index < -0.39 is 0 Å². The molecule has 0 aliphatic carbocycles. The van der Waals surface area contributed by atoms with Gasteiger partial charge in [-0.3, -0.25) is 14.7 Å². The molecule has 0 aliphatic rings. The van der Waals surface area contributed by atoms with Gasteiger partial charge in [0.25, 0.3) is 11.5 Å². The zero-order chi connectivity index (χ0) is 15.7. The number of fused-ring (bicyclic) bond motifs is 1. The number of aromatic amines is 1. The summed E-state index contributed by atoms with van der Waals surface area (Å²) in [4.78, 5) is 23.6. The highest BCUT2D eigenvalue weighted by Crippen LogP contribution is 2.25. The predicted molar refractivity (Wildman–Crippen MR) is 84.8 cm³/mol. The molecule has 2 heterocycles. The van der Waals surface area contributed by atoms with Crippen LogP contribution in [0.5, 0.6) is 0 Å². The molecule has 0 atom stereocenters. The van der Waals surface area contributed by atoms with Crippen molar-refractivity contribution in [2.45, 2.75) is 6.92 Å². The third kappa shape index (κ3) is 2.39. The van der Waals surface area contributed by atoms with Crippen LogP contribution in [0, 0.1) is 0 Å². The van der Waals surface area contributed by atoms with E-state index in [4.69, 9.17) is 0 Å². The maximum Gasteiger partial charge on any atom is 0.251 e. The van der Waals surface area contributed by atoms with E-state index in [9.17, 15) is 9.59 Å². The highest BCUT2D eigenvalue weighted by atomic mass is 16.1. The van der Waals surface area contributed by atoms with Gasteiger partial charge in [-0.05, 0) is 31.2 Å². The van der Waals surface area contributed by atoms with Gasteiger partial charge in [-0.2, -0.15) is 5.10 Å². The third-order valence-electron chi connectivity index (χ3n) is 3.54. The molecule has 2 N–H and O–H groups in total. The van der Waals surface area contributed by atoms with Crippen molar-refractivity contribution in [1.82, 2.24) is 20.1 Å². The second-order valence-corrected chi connectivity index (χ2v) is 5.06. The van der Waals surface area contributed by atoms with Crippen molar-refractivity contribution in [3.8, 4) is 11.3 Å². The van der Waals surface area contributed by atoms with Gasteiger partial charge in [0.15, 0.2) is 0 Å². The molecule has 3 aromatic rings. The van der Waals surface area contributed by atoms with Crippen molar-refractivity contribution >= 4 is 16.8 Å². The molecule has 1 amide bonds. The molecule has 22 heavy (non-hydrogen) atoms. The second kappa shape index (κ2) is 5.48. The summed E-state index contributed by atoms with van der Waals surface area (Å²) in [6.07, 6.45) is 1.71. The van der Waals surface area contributed by atoms with Crippen molar-refractivity contribution in [2.75, 3.05) is 6.54 Å². The van der Waals surface area contributed by atoms with E-state index in [1.165, 1.54) is 4.57 Å². The number of carbonyl (C=O) groups excluding carboxylic acids is 1. The van der Waals surface area contributed by atoms with Crippen molar-refractivity contribution in [3.63, 3.8) is 0 Å². The Balaban J connectivity index is 2.07. The van der Waals surface area contributed by atoms with E-state index in [1.807, 2.05) is 19.1 Å². The largest absolute Gasteiger partial charge is 0.352 e. The Hall–Kier alpha value is -2.89. The van der Waals surface area contributed by atoms with E-state index >= 15 is 0 Å². The van der Waals surface area contributed by atoms with Gasteiger partial charge in [0, 0.05) is 42.4 Å². The molecule has 0 unspecified atom stereocenters. The topological polar surface area (TPSA) is 79.8 Å². The number of carbonyl (C=O) groups is 1. The Kier molecular flexibility index (Phi) is 3.50. The summed E-state index contributed by atoms with van der Waals surface area (Å²) in [5.41, 5.74) is 2.70. The van der Waals surface area contributed by atoms with E-state index in [0.717, 1.165) is 16.5 Å². The number of nitrogens with zero attached hydrogens (tertiary/aromatic N) is 2. The lowest BCUT2D eigenvalue weighted by atomic mass is 10.1. The average molecular weight is 296 g/mol. The fraction of sp³-hybridized carbons (Fsp3) is 0.188. The number of H-pyrrole nitrogens is 1. The molecule has 0 fully saturated rings. The SMILES string of the molecule is CCNC(=O)c1ccc2c(-c3ccn(C)c(=O)c3)n[nH]c2c1. The fourth-order valence-corrected chi connectivity index (χ4v) is 2.34. The molecular weight excluding hydrogens is 280 g/mol. The molecule has 0 bridgehead atoms. The normalized spacial score (nSPS) is 10.8. The van der Waals surface area contributed by atoms with Crippen LogP contribution >= 0.6 is 0 Å². The average Bonchev–Trinajstić information content (AvgIpc) is 2.93. The first-order chi connectivity index (χ1) is 10.6. The molecule has 2 aromatic heterocycles. The molecule has 6 heteroatoms. The highest BCUT2D eigenvalue weighted by molar-refractivity contribution is 6.00. The number of hydrogen-bond donors (Lipinski definition) is 2. The van der Waals surface area contributed by atoms with Crippen LogP contribution in [0.15, 0.2) is 41.3 Å². The second-order valence-electron chi connectivity index (χ2n) is 5.06. The Bertz CT molecular complexity index is 908. The van der Waals surface area contributed by atoms with Gasteiger partial charge in [0.1, 0.15) is 5.69 Å². The summed E-state index contributed by atoms with van der Waals surface area (Å²) in [5, 5.41) is 10.8. The van der Waals surface area contributed by atoms with Crippen molar-refractivity contribution in [1.29, 1.82) is 0 Å². The lowest BCUT2D eigenvalue weighted by Crippen LogP contribution is -2.22. The molecule has 6 nitrogen and oxygen atoms in total. The lowest BCUT2D eigenvalue weighted by molar-refractivity contribution is 0.0956. The number of hydrogen-bond acceptors (Lipinski definition) is 3. The van der Waals surface area contributed by atoms with Crippen LogP contribution in [0.2, 0.25) is 0 Å². The Labute approximate surface area is 126 Å². The summed E-state index contributed by atoms with van der Waals surface area (Å²) in [7, 11) is 1.70. The van der Waals surface area contributed by atoms with Crippen LogP contribution in [0.1, 0.15) is 17.3 Å². The molecule has 0 saturated carbocycles. The van der Waals surface area contributed by atoms with E-state index in [2.05, 4.69) is 15.5 Å². The van der Waals surface area contributed by atoms with Crippen LogP contribution < -0.4 is 10.9 Å². The maximum atomic E-state index is 11.9. The van der Waals surface area contributed by atoms with Crippen LogP contribution in [0.3, 0.4) is 0 Å². The number of aromatic nitrogens is 3. The monoisotopic (exact) mass is 296 g/mol. The summed E-state index contributed by atoms with van der Waals surface area (Å²) in [6, 6.07) is 8.75. The van der Waals surface area contributed by atoms with Gasteiger partial charge in [-0.1, -0.05) is 0 Å². The third-order valence-corrected chi connectivity index (χ3v) is 3.54. The minimum Gasteiger partial charge on any atom is -0.352 e. The van der Waals surface area contributed by atoms with Gasteiger partial charge in [-0.15, -0.1) is 0 Å². The van der Waals surface area contributed by atoms with E-state index in [0.29, 0.717) is 17.8 Å². The number of nitrogens with one attached hydrogen (secondary N) is 2. The number of benzene rings is 1. The van der Waals surface area contributed by atoms with E-state index in [-0.39, 0.29) is 11.5 Å². The fourth-order valence-electron chi connectivity index (χ4n) is 2.34. The van der Waals surface area contributed by atoms with Crippen LogP contribution in [0.25, 0.3) is 22.2 Å². The standard InChI is InChI=1S/C16H16N4O2/c1-3-17-16(22)11-4-5-12-13(8-11)18-19-15(12)10-6-7-20(2)14(21)9-10/h4-9H,3H2,1-2H3,(H,17,22)(H,18,19). The van der Waals surface area contributed by atoms with Gasteiger partial charge in [0.2, 0.25) is 0 Å². The first-order valence-electron chi connectivity index (χ1n) is 7.03. The van der Waals surface area contributed by atoms with Gasteiger partial charge in [0.05, 0.1) is 5.52 Å². The van der Waals surface area contributed by atoms with Crippen LogP contribution in [-0.4, -0.2) is 27.2 Å². The number of aryl methyl sites for hydroxylation is 1. The maximum absolute atomic E-state index is 11.9. The first-order valence-corrected chi connectivity index (χ1v) is 7.03. The quantitative estimate of drug-likeness (QED) is 0.771. The zero-order valence-electron chi connectivity index (χ0n) is 12.4.